The second-order valence-electron chi connectivity index (χ2n) is 7.20. The number of aliphatic imine (C=N–C) groups is 1. The van der Waals surface area contributed by atoms with Crippen LogP contribution in [0, 0.1) is 17.2 Å². The molecule has 14 heteroatoms. The summed E-state index contributed by atoms with van der Waals surface area (Å²) >= 11 is 0. The number of piperidine rings is 1. The maximum atomic E-state index is 12.3. The highest BCUT2D eigenvalue weighted by Gasteiger charge is 2.72. The fraction of sp³-hybridized carbons (Fsp3) is 0.562. The molecule has 2 aliphatic rings. The number of anilines is 1. The number of H-pyrrole nitrogens is 1. The Morgan fingerprint density at radius 2 is 2.00 bits per heavy atom. The number of aromatic nitrogens is 1. The number of carbonyl (C=O) groups excluding carboxylic acids is 1. The van der Waals surface area contributed by atoms with Gasteiger partial charge in [-0.3, -0.25) is 4.79 Å². The highest BCUT2D eigenvalue weighted by Crippen LogP contribution is 2.45. The SMILES string of the molecule is CC1C(N(C)C2=NCNc3[nH]cc(O)c32)C(O)(O)N(C(=O)CC#N)C(O)(O)C1(O)O. The standard InChI is InChI=1S/C16H22N6O8/c1-7-11(21(2)13-10-8(23)5-18-12(10)19-6-20-13)15(27,28)22(9(24)3-4-17)16(29,30)14(7,25)26/h5,7,11,18-19,23,25-30H,3,6H2,1-2H3. The zero-order valence-electron chi connectivity index (χ0n) is 16.0. The number of nitrogens with zero attached hydrogens (tertiary/aromatic N) is 4. The van der Waals surface area contributed by atoms with Gasteiger partial charge in [-0.05, 0) is 0 Å². The fourth-order valence-electron chi connectivity index (χ4n) is 3.96. The molecule has 2 unspecified atom stereocenters. The average molecular weight is 426 g/mol. The molecule has 1 amide bonds. The predicted octanol–water partition coefficient (Wildman–Crippen LogP) is -3.50. The summed E-state index contributed by atoms with van der Waals surface area (Å²) in [5.41, 5.74) is 0.132. The van der Waals surface area contributed by atoms with Gasteiger partial charge in [-0.1, -0.05) is 6.92 Å². The van der Waals surface area contributed by atoms with Crippen molar-refractivity contribution in [3.63, 3.8) is 0 Å². The van der Waals surface area contributed by atoms with Gasteiger partial charge in [0.1, 0.15) is 42.1 Å². The number of amidine groups is 1. The first-order chi connectivity index (χ1) is 13.8. The van der Waals surface area contributed by atoms with Crippen molar-refractivity contribution < 1.29 is 40.5 Å². The molecule has 30 heavy (non-hydrogen) atoms. The molecule has 2 atom stereocenters. The number of aliphatic hydroxyl groups is 6. The summed E-state index contributed by atoms with van der Waals surface area (Å²) in [6.45, 7) is 1.09. The van der Waals surface area contributed by atoms with Gasteiger partial charge in [0.2, 0.25) is 11.7 Å². The molecule has 0 bridgehead atoms. The number of rotatable bonds is 2. The number of hydrogen-bond acceptors (Lipinski definition) is 12. The number of aromatic hydroxyl groups is 1. The van der Waals surface area contributed by atoms with E-state index in [9.17, 15) is 40.5 Å². The number of aromatic amines is 1. The first-order valence-electron chi connectivity index (χ1n) is 8.76. The zero-order chi connectivity index (χ0) is 22.6. The Kier molecular flexibility index (Phi) is 4.94. The molecule has 0 aromatic carbocycles. The van der Waals surface area contributed by atoms with E-state index < -0.39 is 41.9 Å². The number of nitriles is 1. The third-order valence-corrected chi connectivity index (χ3v) is 5.44. The summed E-state index contributed by atoms with van der Waals surface area (Å²) in [6.07, 6.45) is 0.236. The Hall–Kier alpha value is -2.93. The summed E-state index contributed by atoms with van der Waals surface area (Å²) in [7, 11) is 1.27. The lowest BCUT2D eigenvalue weighted by molar-refractivity contribution is -0.500. The van der Waals surface area contributed by atoms with Gasteiger partial charge in [-0.25, -0.2) is 9.89 Å². The molecule has 2 aliphatic heterocycles. The third kappa shape index (κ3) is 2.80. The van der Waals surface area contributed by atoms with Crippen LogP contribution in [-0.4, -0.2) is 99.6 Å². The molecule has 0 saturated carbocycles. The molecule has 9 N–H and O–H groups in total. The van der Waals surface area contributed by atoms with Gasteiger partial charge in [0.05, 0.1) is 6.07 Å². The fourth-order valence-corrected chi connectivity index (χ4v) is 3.96. The number of nitrogens with one attached hydrogen (secondary N) is 2. The van der Waals surface area contributed by atoms with E-state index in [2.05, 4.69) is 15.3 Å². The topological polar surface area (TPSA) is 229 Å². The maximum Gasteiger partial charge on any atom is 0.310 e. The van der Waals surface area contributed by atoms with Crippen molar-refractivity contribution in [1.29, 1.82) is 5.26 Å². The van der Waals surface area contributed by atoms with Crippen LogP contribution in [-0.2, 0) is 4.79 Å². The van der Waals surface area contributed by atoms with Crippen LogP contribution in [0.1, 0.15) is 18.9 Å². The van der Waals surface area contributed by atoms with Gasteiger partial charge < -0.3 is 50.9 Å². The van der Waals surface area contributed by atoms with Gasteiger partial charge in [-0.2, -0.15) is 5.26 Å². The zero-order valence-corrected chi connectivity index (χ0v) is 16.0. The minimum Gasteiger partial charge on any atom is -0.506 e. The van der Waals surface area contributed by atoms with Crippen molar-refractivity contribution in [2.75, 3.05) is 19.0 Å². The maximum absolute atomic E-state index is 12.3. The number of likely N-dealkylation sites (N-methyl/N-ethyl adjacent to an activating group) is 1. The van der Waals surface area contributed by atoms with E-state index in [1.54, 1.807) is 0 Å². The summed E-state index contributed by atoms with van der Waals surface area (Å²) in [5.74, 6) is -13.8. The number of amides is 1. The first kappa shape index (κ1) is 21.8. The smallest absolute Gasteiger partial charge is 0.310 e. The van der Waals surface area contributed by atoms with E-state index in [0.717, 1.165) is 11.8 Å². The van der Waals surface area contributed by atoms with Crippen LogP contribution < -0.4 is 5.32 Å². The van der Waals surface area contributed by atoms with Crippen LogP contribution in [0.2, 0.25) is 0 Å². The van der Waals surface area contributed by atoms with Crippen LogP contribution in [0.25, 0.3) is 0 Å². The molecule has 0 aliphatic carbocycles. The van der Waals surface area contributed by atoms with Crippen molar-refractivity contribution in [3.05, 3.63) is 11.8 Å². The number of hydrogen-bond donors (Lipinski definition) is 9. The number of likely N-dealkylation sites (tertiary alicyclic amines) is 1. The normalized spacial score (nSPS) is 26.1. The molecular formula is C16H22N6O8. The van der Waals surface area contributed by atoms with E-state index in [1.807, 2.05) is 0 Å². The van der Waals surface area contributed by atoms with Gasteiger partial charge in [-0.15, -0.1) is 0 Å². The Morgan fingerprint density at radius 1 is 1.37 bits per heavy atom. The second-order valence-corrected chi connectivity index (χ2v) is 7.20. The van der Waals surface area contributed by atoms with Crippen molar-refractivity contribution in [2.45, 2.75) is 37.0 Å². The number of carbonyl (C=O) groups is 1. The minimum atomic E-state index is -3.85. The van der Waals surface area contributed by atoms with Gasteiger partial charge in [0, 0.05) is 19.2 Å². The van der Waals surface area contributed by atoms with Crippen molar-refractivity contribution in [3.8, 4) is 11.8 Å². The Morgan fingerprint density at radius 3 is 2.60 bits per heavy atom. The Labute approximate surface area is 169 Å². The van der Waals surface area contributed by atoms with Crippen LogP contribution in [0.3, 0.4) is 0 Å². The summed E-state index contributed by atoms with van der Waals surface area (Å²) in [5, 5.41) is 84.8. The van der Waals surface area contributed by atoms with Crippen LogP contribution in [0.4, 0.5) is 5.82 Å². The van der Waals surface area contributed by atoms with Crippen molar-refractivity contribution >= 4 is 17.6 Å². The average Bonchev–Trinajstić information content (AvgIpc) is 3.01. The molecule has 164 valence electrons. The molecule has 3 rings (SSSR count). The van der Waals surface area contributed by atoms with Crippen molar-refractivity contribution in [1.82, 2.24) is 14.8 Å². The van der Waals surface area contributed by atoms with Gasteiger partial charge in [0.15, 0.2) is 0 Å². The van der Waals surface area contributed by atoms with E-state index in [0.29, 0.717) is 5.82 Å². The van der Waals surface area contributed by atoms with E-state index >= 15 is 0 Å². The van der Waals surface area contributed by atoms with E-state index in [-0.39, 0.29) is 28.7 Å². The lowest BCUT2D eigenvalue weighted by Gasteiger charge is -2.59. The minimum absolute atomic E-state index is 0.0151. The van der Waals surface area contributed by atoms with Crippen molar-refractivity contribution in [2.24, 2.45) is 10.9 Å². The monoisotopic (exact) mass is 426 g/mol. The van der Waals surface area contributed by atoms with Gasteiger partial charge in [0.25, 0.3) is 5.91 Å². The molecule has 14 nitrogen and oxygen atoms in total. The largest absolute Gasteiger partial charge is 0.506 e. The summed E-state index contributed by atoms with van der Waals surface area (Å²) in [6, 6.07) is -0.382. The molecule has 1 saturated heterocycles. The Bertz CT molecular complexity index is 933. The van der Waals surface area contributed by atoms with Gasteiger partial charge >= 0.3 is 5.91 Å². The van der Waals surface area contributed by atoms with E-state index in [4.69, 9.17) is 5.26 Å². The summed E-state index contributed by atoms with van der Waals surface area (Å²) < 4.78 is 0. The molecule has 1 aromatic heterocycles. The number of fused-ring (bicyclic) bond motifs is 1. The molecular weight excluding hydrogens is 404 g/mol. The highest BCUT2D eigenvalue weighted by atomic mass is 16.6. The molecule has 1 fully saturated rings. The predicted molar refractivity (Wildman–Crippen MR) is 96.8 cm³/mol. The second kappa shape index (κ2) is 6.80. The van der Waals surface area contributed by atoms with E-state index in [1.165, 1.54) is 19.3 Å². The first-order valence-corrected chi connectivity index (χ1v) is 8.76. The lowest BCUT2D eigenvalue weighted by atomic mass is 9.80. The molecule has 1 aromatic rings. The quantitative estimate of drug-likeness (QED) is 0.211. The van der Waals surface area contributed by atoms with Crippen LogP contribution in [0.15, 0.2) is 11.2 Å². The van der Waals surface area contributed by atoms with Crippen LogP contribution >= 0.6 is 0 Å². The molecule has 3 heterocycles. The third-order valence-electron chi connectivity index (χ3n) is 5.44. The van der Waals surface area contributed by atoms with Crippen LogP contribution in [0.5, 0.6) is 5.75 Å². The highest BCUT2D eigenvalue weighted by molar-refractivity contribution is 6.06. The summed E-state index contributed by atoms with van der Waals surface area (Å²) in [4.78, 5) is 19.9. The molecule has 0 spiro atoms. The Balaban J connectivity index is 2.14. The molecule has 0 radical (unpaired) electrons. The lowest BCUT2D eigenvalue weighted by Crippen LogP contribution is -2.85.